The van der Waals surface area contributed by atoms with Crippen LogP contribution in [0.2, 0.25) is 0 Å². The predicted octanol–water partition coefficient (Wildman–Crippen LogP) is 5.03. The van der Waals surface area contributed by atoms with Crippen LogP contribution in [0.3, 0.4) is 0 Å². The Morgan fingerprint density at radius 3 is 1.91 bits per heavy atom. The van der Waals surface area contributed by atoms with Gasteiger partial charge in [-0.05, 0) is 77.9 Å². The number of methoxy groups -OCH3 is 2. The molecule has 0 bridgehead atoms. The summed E-state index contributed by atoms with van der Waals surface area (Å²) in [4.78, 5) is 29.9. The maximum absolute atomic E-state index is 14.1. The Morgan fingerprint density at radius 2 is 1.34 bits per heavy atom. The monoisotopic (exact) mass is 655 g/mol. The number of rotatable bonds is 16. The number of nitrogens with one attached hydrogen (secondary N) is 2. The van der Waals surface area contributed by atoms with Gasteiger partial charge in [0.05, 0.1) is 19.1 Å². The van der Waals surface area contributed by atoms with E-state index < -0.39 is 16.1 Å². The summed E-state index contributed by atoms with van der Waals surface area (Å²) in [6.45, 7) is 0.518. The van der Waals surface area contributed by atoms with Gasteiger partial charge in [-0.25, -0.2) is 13.1 Å². The van der Waals surface area contributed by atoms with Crippen LogP contribution >= 0.6 is 0 Å². The number of carbonyl (C=O) groups excluding carboxylic acids is 2. The fourth-order valence-corrected chi connectivity index (χ4v) is 6.56. The second-order valence-electron chi connectivity index (χ2n) is 11.7. The number of benzene rings is 4. The summed E-state index contributed by atoms with van der Waals surface area (Å²) in [7, 11) is -0.362. The molecule has 4 aromatic carbocycles. The highest BCUT2D eigenvalue weighted by Gasteiger charge is 2.31. The number of nitrogens with zero attached hydrogens (tertiary/aromatic N) is 1. The van der Waals surface area contributed by atoms with Crippen LogP contribution < -0.4 is 19.5 Å². The molecule has 10 heteroatoms. The van der Waals surface area contributed by atoms with Crippen molar-refractivity contribution in [3.05, 3.63) is 125 Å². The zero-order valence-electron chi connectivity index (χ0n) is 26.7. The van der Waals surface area contributed by atoms with E-state index in [0.29, 0.717) is 25.1 Å². The van der Waals surface area contributed by atoms with Crippen molar-refractivity contribution in [1.82, 2.24) is 14.9 Å². The average Bonchev–Trinajstić information content (AvgIpc) is 3.92. The van der Waals surface area contributed by atoms with E-state index >= 15 is 0 Å². The van der Waals surface area contributed by atoms with Crippen molar-refractivity contribution < 1.29 is 27.5 Å². The fourth-order valence-electron chi connectivity index (χ4n) is 5.25. The molecule has 1 aliphatic carbocycles. The average molecular weight is 656 g/mol. The summed E-state index contributed by atoms with van der Waals surface area (Å²) in [5.74, 6) is 0.977. The second-order valence-corrected chi connectivity index (χ2v) is 13.4. The van der Waals surface area contributed by atoms with Gasteiger partial charge in [0.25, 0.3) is 0 Å². The van der Waals surface area contributed by atoms with E-state index in [2.05, 4.69) is 10.0 Å². The highest BCUT2D eigenvalue weighted by atomic mass is 32.2. The van der Waals surface area contributed by atoms with Crippen molar-refractivity contribution in [2.75, 3.05) is 14.2 Å². The van der Waals surface area contributed by atoms with Crippen LogP contribution in [-0.2, 0) is 45.5 Å². The first kappa shape index (κ1) is 33.7. The van der Waals surface area contributed by atoms with Crippen molar-refractivity contribution in [3.63, 3.8) is 0 Å². The molecule has 0 heterocycles. The highest BCUT2D eigenvalue weighted by Crippen LogP contribution is 2.23. The van der Waals surface area contributed by atoms with Gasteiger partial charge in [-0.15, -0.1) is 0 Å². The number of amides is 2. The quantitative estimate of drug-likeness (QED) is 0.175. The molecule has 1 saturated carbocycles. The van der Waals surface area contributed by atoms with Crippen LogP contribution in [0.25, 0.3) is 0 Å². The van der Waals surface area contributed by atoms with E-state index in [-0.39, 0.29) is 35.7 Å². The van der Waals surface area contributed by atoms with Gasteiger partial charge < -0.3 is 19.7 Å². The molecule has 1 atom stereocenters. The Bertz CT molecular complexity index is 1720. The van der Waals surface area contributed by atoms with E-state index in [1.165, 1.54) is 0 Å². The van der Waals surface area contributed by atoms with Crippen LogP contribution in [0.15, 0.2) is 108 Å². The third kappa shape index (κ3) is 9.67. The first-order valence-electron chi connectivity index (χ1n) is 15.7. The zero-order chi connectivity index (χ0) is 33.2. The van der Waals surface area contributed by atoms with Gasteiger partial charge >= 0.3 is 0 Å². The molecular weight excluding hydrogens is 614 g/mol. The lowest BCUT2D eigenvalue weighted by molar-refractivity contribution is -0.141. The molecule has 1 aliphatic rings. The molecule has 0 spiro atoms. The molecule has 0 radical (unpaired) electrons. The summed E-state index contributed by atoms with van der Waals surface area (Å²) in [6.07, 6.45) is 2.58. The molecule has 0 aliphatic heterocycles. The lowest BCUT2D eigenvalue weighted by Crippen LogP contribution is -2.50. The molecule has 4 aromatic rings. The van der Waals surface area contributed by atoms with Gasteiger partial charge in [0.2, 0.25) is 21.8 Å². The summed E-state index contributed by atoms with van der Waals surface area (Å²) in [6, 6.07) is 30.4. The van der Waals surface area contributed by atoms with Crippen molar-refractivity contribution >= 4 is 21.8 Å². The van der Waals surface area contributed by atoms with Crippen LogP contribution in [0.4, 0.5) is 0 Å². The number of carbonyl (C=O) groups is 2. The first-order chi connectivity index (χ1) is 22.7. The second kappa shape index (κ2) is 15.8. The SMILES string of the molecule is COc1ccc(CNC(=O)C(Cc2ccccc2)N(Cc2ccc(OC)cc2)C(=O)CCc2ccc(S(=O)(=O)NC3CC3)cc2)cc1. The Morgan fingerprint density at radius 1 is 0.766 bits per heavy atom. The first-order valence-corrected chi connectivity index (χ1v) is 17.2. The van der Waals surface area contributed by atoms with Crippen LogP contribution in [-0.4, -0.2) is 51.4 Å². The summed E-state index contributed by atoms with van der Waals surface area (Å²) < 4.78 is 38.5. The van der Waals surface area contributed by atoms with Gasteiger partial charge in [-0.1, -0.05) is 66.7 Å². The van der Waals surface area contributed by atoms with Crippen molar-refractivity contribution in [1.29, 1.82) is 0 Å². The molecule has 1 unspecified atom stereocenters. The maximum Gasteiger partial charge on any atom is 0.243 e. The van der Waals surface area contributed by atoms with Gasteiger partial charge in [0.15, 0.2) is 0 Å². The Balaban J connectivity index is 1.36. The van der Waals surface area contributed by atoms with Gasteiger partial charge in [0.1, 0.15) is 17.5 Å². The molecule has 0 aromatic heterocycles. The molecule has 0 saturated heterocycles. The number of hydrogen-bond donors (Lipinski definition) is 2. The molecular formula is C37H41N3O6S. The van der Waals surface area contributed by atoms with E-state index in [1.807, 2.05) is 78.9 Å². The van der Waals surface area contributed by atoms with E-state index in [0.717, 1.165) is 40.8 Å². The lowest BCUT2D eigenvalue weighted by Gasteiger charge is -2.32. The molecule has 5 rings (SSSR count). The molecule has 2 N–H and O–H groups in total. The van der Waals surface area contributed by atoms with E-state index in [9.17, 15) is 18.0 Å². The van der Waals surface area contributed by atoms with Crippen molar-refractivity contribution in [3.8, 4) is 11.5 Å². The van der Waals surface area contributed by atoms with Crippen molar-refractivity contribution in [2.24, 2.45) is 0 Å². The van der Waals surface area contributed by atoms with Crippen LogP contribution in [0.5, 0.6) is 11.5 Å². The third-order valence-electron chi connectivity index (χ3n) is 8.17. The molecule has 246 valence electrons. The zero-order valence-corrected chi connectivity index (χ0v) is 27.5. The molecule has 47 heavy (non-hydrogen) atoms. The van der Waals surface area contributed by atoms with Gasteiger partial charge in [-0.2, -0.15) is 0 Å². The Kier molecular flexibility index (Phi) is 11.3. The predicted molar refractivity (Wildman–Crippen MR) is 180 cm³/mol. The molecule has 9 nitrogen and oxygen atoms in total. The normalized spacial score (nSPS) is 13.4. The number of aryl methyl sites for hydroxylation is 1. The minimum atomic E-state index is -3.56. The standard InChI is InChI=1S/C37H41N3O6S/c1-45-32-17-8-29(9-18-32)25-38-37(42)35(24-28-6-4-3-5-7-28)40(26-30-10-19-33(46-2)20-11-30)36(41)23-14-27-12-21-34(22-13-27)47(43,44)39-31-15-16-31/h3-13,17-22,31,35,39H,14-16,23-26H2,1-2H3,(H,38,42). The maximum atomic E-state index is 14.1. The third-order valence-corrected chi connectivity index (χ3v) is 9.71. The molecule has 1 fully saturated rings. The van der Waals surface area contributed by atoms with Crippen LogP contribution in [0.1, 0.15) is 41.5 Å². The molecule has 2 amide bonds. The summed E-state index contributed by atoms with van der Waals surface area (Å²) in [5, 5.41) is 3.05. The Labute approximate surface area is 277 Å². The van der Waals surface area contributed by atoms with E-state index in [4.69, 9.17) is 9.47 Å². The number of hydrogen-bond acceptors (Lipinski definition) is 6. The number of sulfonamides is 1. The van der Waals surface area contributed by atoms with Crippen LogP contribution in [0, 0.1) is 0 Å². The summed E-state index contributed by atoms with van der Waals surface area (Å²) >= 11 is 0. The number of ether oxygens (including phenoxy) is 2. The fraction of sp³-hybridized carbons (Fsp3) is 0.297. The largest absolute Gasteiger partial charge is 0.497 e. The highest BCUT2D eigenvalue weighted by molar-refractivity contribution is 7.89. The van der Waals surface area contributed by atoms with Crippen molar-refractivity contribution in [2.45, 2.75) is 62.2 Å². The van der Waals surface area contributed by atoms with E-state index in [1.54, 1.807) is 43.4 Å². The summed E-state index contributed by atoms with van der Waals surface area (Å²) in [5.41, 5.74) is 3.53. The minimum absolute atomic E-state index is 0.0197. The Hall–Kier alpha value is -4.67. The van der Waals surface area contributed by atoms with Gasteiger partial charge in [-0.3, -0.25) is 9.59 Å². The topological polar surface area (TPSA) is 114 Å². The minimum Gasteiger partial charge on any atom is -0.497 e. The lowest BCUT2D eigenvalue weighted by atomic mass is 10.0. The smallest absolute Gasteiger partial charge is 0.243 e. The van der Waals surface area contributed by atoms with Gasteiger partial charge in [0, 0.05) is 32.0 Å².